The Morgan fingerprint density at radius 2 is 1.88 bits per heavy atom. The van der Waals surface area contributed by atoms with Crippen LogP contribution in [0.15, 0.2) is 48.8 Å². The number of aromatic nitrogens is 4. The molecule has 8 nitrogen and oxygen atoms in total. The predicted molar refractivity (Wildman–Crippen MR) is 97.9 cm³/mol. The first-order chi connectivity index (χ1) is 12.6. The first kappa shape index (κ1) is 17.4. The molecule has 0 saturated heterocycles. The second kappa shape index (κ2) is 7.64. The van der Waals surface area contributed by atoms with Gasteiger partial charge in [-0.2, -0.15) is 10.2 Å². The molecule has 0 aliphatic heterocycles. The second-order valence-electron chi connectivity index (χ2n) is 5.75. The molecule has 1 aromatic carbocycles. The zero-order valence-corrected chi connectivity index (χ0v) is 14.6. The van der Waals surface area contributed by atoms with Crippen LogP contribution in [0, 0.1) is 6.92 Å². The lowest BCUT2D eigenvalue weighted by Gasteiger charge is -2.07. The molecule has 26 heavy (non-hydrogen) atoms. The van der Waals surface area contributed by atoms with Gasteiger partial charge in [0.1, 0.15) is 6.54 Å². The van der Waals surface area contributed by atoms with E-state index in [4.69, 9.17) is 0 Å². The molecule has 2 amide bonds. The number of rotatable bonds is 6. The second-order valence-corrected chi connectivity index (χ2v) is 5.75. The number of para-hydroxylation sites is 1. The minimum atomic E-state index is -0.381. The van der Waals surface area contributed by atoms with Gasteiger partial charge >= 0.3 is 0 Å². The summed E-state index contributed by atoms with van der Waals surface area (Å²) < 4.78 is 3.19. The minimum absolute atomic E-state index is 0.0654. The Morgan fingerprint density at radius 1 is 1.12 bits per heavy atom. The molecule has 134 valence electrons. The number of benzene rings is 1. The smallest absolute Gasteiger partial charge is 0.278 e. The topological polar surface area (TPSA) is 93.8 Å². The number of nitrogens with zero attached hydrogens (tertiary/aromatic N) is 4. The fourth-order valence-electron chi connectivity index (χ4n) is 2.44. The summed E-state index contributed by atoms with van der Waals surface area (Å²) in [5, 5.41) is 13.9. The Labute approximate surface area is 150 Å². The first-order valence-electron chi connectivity index (χ1n) is 8.29. The first-order valence-corrected chi connectivity index (χ1v) is 8.29. The Hall–Kier alpha value is -3.42. The molecule has 2 N–H and O–H groups in total. The van der Waals surface area contributed by atoms with Gasteiger partial charge in [-0.1, -0.05) is 18.2 Å². The molecule has 3 rings (SSSR count). The summed E-state index contributed by atoms with van der Waals surface area (Å²) in [5.74, 6) is -0.657. The third kappa shape index (κ3) is 3.97. The molecule has 0 radical (unpaired) electrons. The highest BCUT2D eigenvalue weighted by Crippen LogP contribution is 2.17. The van der Waals surface area contributed by atoms with Gasteiger partial charge in [0.2, 0.25) is 5.91 Å². The quantitative estimate of drug-likeness (QED) is 0.712. The number of anilines is 2. The fraction of sp³-hybridized carbons (Fsp3) is 0.222. The van der Waals surface area contributed by atoms with Crippen LogP contribution in [0.4, 0.5) is 11.4 Å². The summed E-state index contributed by atoms with van der Waals surface area (Å²) in [6.45, 7) is 4.42. The number of carbonyl (C=O) groups is 2. The third-order valence-corrected chi connectivity index (χ3v) is 3.83. The van der Waals surface area contributed by atoms with Crippen LogP contribution in [-0.4, -0.2) is 31.4 Å². The average molecular weight is 352 g/mol. The van der Waals surface area contributed by atoms with Gasteiger partial charge < -0.3 is 10.6 Å². The standard InChI is InChI=1S/C18H20N6O2/c1-3-23-11-15(21-16(25)12-24-13(2)9-10-19-24)17(22-23)18(26)20-14-7-5-4-6-8-14/h4-11H,3,12H2,1-2H3,(H,20,26)(H,21,25). The highest BCUT2D eigenvalue weighted by atomic mass is 16.2. The van der Waals surface area contributed by atoms with Crippen molar-refractivity contribution in [1.82, 2.24) is 19.6 Å². The van der Waals surface area contributed by atoms with Crippen LogP contribution in [0.25, 0.3) is 0 Å². The Balaban J connectivity index is 1.76. The Morgan fingerprint density at radius 3 is 2.54 bits per heavy atom. The third-order valence-electron chi connectivity index (χ3n) is 3.83. The van der Waals surface area contributed by atoms with Crippen LogP contribution in [0.2, 0.25) is 0 Å². The van der Waals surface area contributed by atoms with E-state index in [1.807, 2.05) is 38.1 Å². The van der Waals surface area contributed by atoms with Crippen molar-refractivity contribution in [3.8, 4) is 0 Å². The normalized spacial score (nSPS) is 10.5. The summed E-state index contributed by atoms with van der Waals surface area (Å²) in [7, 11) is 0. The van der Waals surface area contributed by atoms with Crippen molar-refractivity contribution in [3.63, 3.8) is 0 Å². The molecule has 2 heterocycles. The zero-order valence-electron chi connectivity index (χ0n) is 14.6. The number of aryl methyl sites for hydroxylation is 2. The monoisotopic (exact) mass is 352 g/mol. The van der Waals surface area contributed by atoms with Gasteiger partial charge in [0, 0.05) is 30.3 Å². The SMILES string of the molecule is CCn1cc(NC(=O)Cn2nccc2C)c(C(=O)Nc2ccccc2)n1. The molecule has 0 saturated carbocycles. The van der Waals surface area contributed by atoms with Crippen molar-refractivity contribution >= 4 is 23.2 Å². The summed E-state index contributed by atoms with van der Waals surface area (Å²) >= 11 is 0. The number of hydrogen-bond acceptors (Lipinski definition) is 4. The van der Waals surface area contributed by atoms with Crippen molar-refractivity contribution < 1.29 is 9.59 Å². The van der Waals surface area contributed by atoms with Crippen molar-refractivity contribution in [2.24, 2.45) is 0 Å². The van der Waals surface area contributed by atoms with Crippen molar-refractivity contribution in [2.45, 2.75) is 26.9 Å². The summed E-state index contributed by atoms with van der Waals surface area (Å²) in [4.78, 5) is 24.9. The molecule has 2 aromatic heterocycles. The van der Waals surface area contributed by atoms with Crippen molar-refractivity contribution in [2.75, 3.05) is 10.6 Å². The maximum absolute atomic E-state index is 12.6. The number of carbonyl (C=O) groups excluding carboxylic acids is 2. The lowest BCUT2D eigenvalue weighted by Crippen LogP contribution is -2.22. The lowest BCUT2D eigenvalue weighted by atomic mass is 10.3. The van der Waals surface area contributed by atoms with Gasteiger partial charge in [0.15, 0.2) is 5.69 Å². The zero-order chi connectivity index (χ0) is 18.5. The van der Waals surface area contributed by atoms with E-state index in [-0.39, 0.29) is 24.1 Å². The minimum Gasteiger partial charge on any atom is -0.321 e. The highest BCUT2D eigenvalue weighted by molar-refractivity contribution is 6.08. The molecule has 0 atom stereocenters. The Kier molecular flexibility index (Phi) is 5.12. The van der Waals surface area contributed by atoms with Gasteiger partial charge in [0.05, 0.1) is 5.69 Å². The van der Waals surface area contributed by atoms with Crippen LogP contribution >= 0.6 is 0 Å². The van der Waals surface area contributed by atoms with E-state index < -0.39 is 0 Å². The number of nitrogens with one attached hydrogen (secondary N) is 2. The maximum atomic E-state index is 12.6. The van der Waals surface area contributed by atoms with E-state index >= 15 is 0 Å². The highest BCUT2D eigenvalue weighted by Gasteiger charge is 2.19. The van der Waals surface area contributed by atoms with Crippen LogP contribution in [0.5, 0.6) is 0 Å². The lowest BCUT2D eigenvalue weighted by molar-refractivity contribution is -0.116. The molecular formula is C18H20N6O2. The van der Waals surface area contributed by atoms with E-state index in [0.717, 1.165) is 5.69 Å². The number of amides is 2. The van der Waals surface area contributed by atoms with Crippen LogP contribution in [0.1, 0.15) is 23.1 Å². The van der Waals surface area contributed by atoms with E-state index in [1.165, 1.54) is 0 Å². The molecule has 3 aromatic rings. The van der Waals surface area contributed by atoms with E-state index in [9.17, 15) is 9.59 Å². The molecule has 0 aliphatic carbocycles. The van der Waals surface area contributed by atoms with Crippen LogP contribution in [-0.2, 0) is 17.9 Å². The van der Waals surface area contributed by atoms with E-state index in [0.29, 0.717) is 17.9 Å². The molecule has 0 aliphatic rings. The maximum Gasteiger partial charge on any atom is 0.278 e. The van der Waals surface area contributed by atoms with Gasteiger partial charge in [0.25, 0.3) is 5.91 Å². The summed E-state index contributed by atoms with van der Waals surface area (Å²) in [6, 6.07) is 10.9. The van der Waals surface area contributed by atoms with E-state index in [2.05, 4.69) is 20.8 Å². The van der Waals surface area contributed by atoms with Gasteiger partial charge in [-0.15, -0.1) is 0 Å². The van der Waals surface area contributed by atoms with Gasteiger partial charge in [-0.3, -0.25) is 19.0 Å². The van der Waals surface area contributed by atoms with Crippen LogP contribution < -0.4 is 10.6 Å². The molecule has 0 fully saturated rings. The molecular weight excluding hydrogens is 332 g/mol. The molecule has 0 unspecified atom stereocenters. The summed E-state index contributed by atoms with van der Waals surface area (Å²) in [6.07, 6.45) is 3.28. The van der Waals surface area contributed by atoms with Gasteiger partial charge in [-0.05, 0) is 32.0 Å². The summed E-state index contributed by atoms with van der Waals surface area (Å²) in [5.41, 5.74) is 2.08. The van der Waals surface area contributed by atoms with Gasteiger partial charge in [-0.25, -0.2) is 0 Å². The van der Waals surface area contributed by atoms with Crippen LogP contribution in [0.3, 0.4) is 0 Å². The molecule has 0 bridgehead atoms. The largest absolute Gasteiger partial charge is 0.321 e. The fourth-order valence-corrected chi connectivity index (χ4v) is 2.44. The Bertz CT molecular complexity index is 913. The number of hydrogen-bond donors (Lipinski definition) is 2. The predicted octanol–water partition coefficient (Wildman–Crippen LogP) is 2.30. The van der Waals surface area contributed by atoms with Crippen molar-refractivity contribution in [3.05, 3.63) is 60.2 Å². The van der Waals surface area contributed by atoms with Crippen molar-refractivity contribution in [1.29, 1.82) is 0 Å². The average Bonchev–Trinajstić information content (AvgIpc) is 3.22. The molecule has 0 spiro atoms. The van der Waals surface area contributed by atoms with E-state index in [1.54, 1.807) is 33.9 Å². The molecule has 8 heteroatoms.